The molecule has 3 aromatic rings. The number of anilines is 1. The van der Waals surface area contributed by atoms with E-state index in [-0.39, 0.29) is 11.2 Å². The zero-order valence-electron chi connectivity index (χ0n) is 19.1. The Hall–Kier alpha value is -2.44. The molecule has 0 atom stereocenters. The number of carbonyl (C=O) groups excluding carboxylic acids is 1. The molecule has 2 aliphatic rings. The summed E-state index contributed by atoms with van der Waals surface area (Å²) in [6.07, 6.45) is 1.34. The van der Waals surface area contributed by atoms with E-state index in [1.54, 1.807) is 0 Å². The number of benzene rings is 2. The minimum atomic E-state index is -0.336. The van der Waals surface area contributed by atoms with E-state index in [9.17, 15) is 4.79 Å². The molecule has 2 aromatic carbocycles. The van der Waals surface area contributed by atoms with Crippen molar-refractivity contribution in [2.45, 2.75) is 39.2 Å². The van der Waals surface area contributed by atoms with Gasteiger partial charge < -0.3 is 15.3 Å². The Morgan fingerprint density at radius 1 is 1.12 bits per heavy atom. The fourth-order valence-corrected chi connectivity index (χ4v) is 5.86. The van der Waals surface area contributed by atoms with Crippen molar-refractivity contribution < 1.29 is 4.79 Å². The largest absolute Gasteiger partial charge is 0.368 e. The van der Waals surface area contributed by atoms with Crippen molar-refractivity contribution >= 4 is 44.5 Å². The lowest BCUT2D eigenvalue weighted by molar-refractivity contribution is 0.103. The fourth-order valence-electron chi connectivity index (χ4n) is 5.27. The summed E-state index contributed by atoms with van der Waals surface area (Å²) in [4.78, 5) is 22.1. The van der Waals surface area contributed by atoms with Gasteiger partial charge in [0.25, 0.3) is 0 Å². The number of carbonyl (C=O) groups is 1. The van der Waals surface area contributed by atoms with Crippen molar-refractivity contribution in [2.75, 3.05) is 31.1 Å². The molecule has 1 aliphatic heterocycles. The molecule has 0 amide bonds. The summed E-state index contributed by atoms with van der Waals surface area (Å²) in [5.74, 6) is 0.0695. The van der Waals surface area contributed by atoms with Crippen molar-refractivity contribution in [3.8, 4) is 0 Å². The highest BCUT2D eigenvalue weighted by Gasteiger charge is 2.40. The fraction of sp³-hybridized carbons (Fsp3) is 0.385. The van der Waals surface area contributed by atoms with Gasteiger partial charge in [0.05, 0.1) is 11.3 Å². The van der Waals surface area contributed by atoms with Gasteiger partial charge in [-0.15, -0.1) is 0 Å². The van der Waals surface area contributed by atoms with Gasteiger partial charge in [0, 0.05) is 70.5 Å². The highest BCUT2D eigenvalue weighted by molar-refractivity contribution is 9.10. The van der Waals surface area contributed by atoms with Gasteiger partial charge in [-0.1, -0.05) is 26.0 Å². The molecule has 0 saturated carbocycles. The molecule has 1 aromatic heterocycles. The third kappa shape index (κ3) is 3.15. The van der Waals surface area contributed by atoms with E-state index in [1.807, 2.05) is 24.3 Å². The Kier molecular flexibility index (Phi) is 5.06. The second-order valence-corrected chi connectivity index (χ2v) is 10.6. The highest BCUT2D eigenvalue weighted by Crippen LogP contribution is 2.46. The molecule has 5 rings (SSSR count). The van der Waals surface area contributed by atoms with Gasteiger partial charge in [0.1, 0.15) is 0 Å². The Morgan fingerprint density at radius 3 is 2.50 bits per heavy atom. The van der Waals surface area contributed by atoms with E-state index in [0.717, 1.165) is 69.5 Å². The van der Waals surface area contributed by atoms with Gasteiger partial charge in [0.2, 0.25) is 0 Å². The maximum absolute atomic E-state index is 13.7. The van der Waals surface area contributed by atoms with Crippen LogP contribution in [0, 0.1) is 5.41 Å². The molecule has 166 valence electrons. The number of ketones is 1. The van der Waals surface area contributed by atoms with Gasteiger partial charge in [-0.3, -0.25) is 9.69 Å². The molecular formula is C26H29BrN4O. The van der Waals surface area contributed by atoms with E-state index >= 15 is 0 Å². The number of nitrogens with zero attached hydrogens (tertiary/aromatic N) is 2. The molecule has 2 heterocycles. The summed E-state index contributed by atoms with van der Waals surface area (Å²) < 4.78 is 0.979. The summed E-state index contributed by atoms with van der Waals surface area (Å²) in [6.45, 7) is 12.9. The molecule has 0 unspecified atom stereocenters. The van der Waals surface area contributed by atoms with Gasteiger partial charge in [-0.2, -0.15) is 0 Å². The molecule has 2 N–H and O–H groups in total. The molecule has 0 radical (unpaired) electrons. The average Bonchev–Trinajstić information content (AvgIpc) is 3.17. The van der Waals surface area contributed by atoms with Gasteiger partial charge in [-0.25, -0.2) is 0 Å². The number of halogens is 1. The maximum Gasteiger partial charge on any atom is 0.195 e. The van der Waals surface area contributed by atoms with Crippen LogP contribution in [0.2, 0.25) is 0 Å². The monoisotopic (exact) mass is 492 g/mol. The standard InChI is InChI=1S/C26H29BrN4O/c1-15(2)30-7-9-31(10-8-30)22-13-19-18(12-20(22)27)24(32)23-17-6-5-16(14-28)11-21(17)29-25(23)26(19,3)4/h5-6,11-15,28-29H,7-10H2,1-4H3. The molecule has 1 aliphatic carbocycles. The van der Waals surface area contributed by atoms with Crippen LogP contribution in [0.25, 0.3) is 10.9 Å². The lowest BCUT2D eigenvalue weighted by Crippen LogP contribution is -2.49. The van der Waals surface area contributed by atoms with E-state index < -0.39 is 0 Å². The predicted octanol–water partition coefficient (Wildman–Crippen LogP) is 5.33. The number of rotatable bonds is 3. The summed E-state index contributed by atoms with van der Waals surface area (Å²) in [5.41, 5.74) is 6.13. The Morgan fingerprint density at radius 2 is 1.84 bits per heavy atom. The first-order valence-electron chi connectivity index (χ1n) is 11.3. The maximum atomic E-state index is 13.7. The lowest BCUT2D eigenvalue weighted by atomic mass is 9.71. The normalized spacial score (nSPS) is 18.2. The number of piperazine rings is 1. The summed E-state index contributed by atoms with van der Waals surface area (Å²) >= 11 is 3.78. The topological polar surface area (TPSA) is 63.2 Å². The third-order valence-corrected chi connectivity index (χ3v) is 7.87. The molecule has 0 spiro atoms. The Balaban J connectivity index is 1.60. The molecule has 6 heteroatoms. The summed E-state index contributed by atoms with van der Waals surface area (Å²) in [6, 6.07) is 10.6. The van der Waals surface area contributed by atoms with Crippen LogP contribution in [0.5, 0.6) is 0 Å². The van der Waals surface area contributed by atoms with Crippen LogP contribution in [0.4, 0.5) is 5.69 Å². The van der Waals surface area contributed by atoms with E-state index in [1.165, 1.54) is 11.9 Å². The number of hydrogen-bond acceptors (Lipinski definition) is 4. The SMILES string of the molecule is CC(C)N1CCN(c2cc3c(cc2Br)C(=O)c2c([nH]c4cc(C=N)ccc24)C3(C)C)CC1. The van der Waals surface area contributed by atoms with Crippen molar-refractivity contribution in [3.63, 3.8) is 0 Å². The first kappa shape index (κ1) is 21.4. The smallest absolute Gasteiger partial charge is 0.195 e. The van der Waals surface area contributed by atoms with Crippen LogP contribution >= 0.6 is 15.9 Å². The van der Waals surface area contributed by atoms with Crippen LogP contribution in [0.3, 0.4) is 0 Å². The number of nitrogens with one attached hydrogen (secondary N) is 2. The molecule has 0 bridgehead atoms. The van der Waals surface area contributed by atoms with Crippen molar-refractivity contribution in [1.82, 2.24) is 9.88 Å². The number of H-pyrrole nitrogens is 1. The van der Waals surface area contributed by atoms with Gasteiger partial charge in [-0.05, 0) is 59.1 Å². The summed E-state index contributed by atoms with van der Waals surface area (Å²) in [5, 5.41) is 8.50. The second kappa shape index (κ2) is 7.56. The van der Waals surface area contributed by atoms with Crippen LogP contribution in [-0.2, 0) is 5.41 Å². The second-order valence-electron chi connectivity index (χ2n) is 9.74. The minimum absolute atomic E-state index is 0.0695. The Labute approximate surface area is 197 Å². The van der Waals surface area contributed by atoms with Crippen LogP contribution < -0.4 is 4.90 Å². The number of fused-ring (bicyclic) bond motifs is 4. The van der Waals surface area contributed by atoms with E-state index in [0.29, 0.717) is 6.04 Å². The van der Waals surface area contributed by atoms with Gasteiger partial charge >= 0.3 is 0 Å². The van der Waals surface area contributed by atoms with E-state index in [2.05, 4.69) is 64.5 Å². The van der Waals surface area contributed by atoms with Crippen molar-refractivity contribution in [1.29, 1.82) is 5.41 Å². The third-order valence-electron chi connectivity index (χ3n) is 7.23. The van der Waals surface area contributed by atoms with Gasteiger partial charge in [0.15, 0.2) is 5.78 Å². The average molecular weight is 493 g/mol. The number of aromatic nitrogens is 1. The predicted molar refractivity (Wildman–Crippen MR) is 135 cm³/mol. The van der Waals surface area contributed by atoms with Crippen molar-refractivity contribution in [3.05, 3.63) is 62.8 Å². The number of hydrogen-bond donors (Lipinski definition) is 2. The molecule has 5 nitrogen and oxygen atoms in total. The molecule has 1 saturated heterocycles. The molecule has 32 heavy (non-hydrogen) atoms. The quantitative estimate of drug-likeness (QED) is 0.485. The number of aromatic amines is 1. The zero-order valence-corrected chi connectivity index (χ0v) is 20.6. The zero-order chi connectivity index (χ0) is 22.8. The van der Waals surface area contributed by atoms with Crippen LogP contribution in [0.15, 0.2) is 34.8 Å². The van der Waals surface area contributed by atoms with Crippen LogP contribution in [0.1, 0.15) is 60.4 Å². The molecular weight excluding hydrogens is 464 g/mol. The first-order valence-corrected chi connectivity index (χ1v) is 12.1. The first-order chi connectivity index (χ1) is 15.2. The molecule has 1 fully saturated rings. The Bertz CT molecular complexity index is 1250. The lowest BCUT2D eigenvalue weighted by Gasteiger charge is -2.40. The van der Waals surface area contributed by atoms with Crippen LogP contribution in [-0.4, -0.2) is 54.1 Å². The highest BCUT2D eigenvalue weighted by atomic mass is 79.9. The van der Waals surface area contributed by atoms with Crippen molar-refractivity contribution in [2.24, 2.45) is 0 Å². The minimum Gasteiger partial charge on any atom is -0.368 e. The summed E-state index contributed by atoms with van der Waals surface area (Å²) in [7, 11) is 0. The van der Waals surface area contributed by atoms with E-state index in [4.69, 9.17) is 5.41 Å².